The Morgan fingerprint density at radius 1 is 1.00 bits per heavy atom. The highest BCUT2D eigenvalue weighted by Gasteiger charge is 2.38. The minimum atomic E-state index is -0.324. The quantitative estimate of drug-likeness (QED) is 0.436. The van der Waals surface area contributed by atoms with E-state index in [-0.39, 0.29) is 11.8 Å². The molecule has 0 aliphatic carbocycles. The van der Waals surface area contributed by atoms with Crippen LogP contribution in [0.1, 0.15) is 26.3 Å². The molecular formula is C21H14ClN3O2S. The topological polar surface area (TPSA) is 55.2 Å². The largest absolute Gasteiger partial charge is 0.268 e. The highest BCUT2D eigenvalue weighted by Crippen LogP contribution is 2.40. The van der Waals surface area contributed by atoms with E-state index in [4.69, 9.17) is 11.6 Å². The van der Waals surface area contributed by atoms with Crippen LogP contribution in [0.4, 0.5) is 5.82 Å². The molecule has 5 nitrogen and oxygen atoms in total. The van der Waals surface area contributed by atoms with E-state index in [0.717, 1.165) is 26.2 Å². The van der Waals surface area contributed by atoms with Crippen molar-refractivity contribution in [2.45, 2.75) is 6.92 Å². The zero-order valence-corrected chi connectivity index (χ0v) is 16.6. The number of hydrogen-bond donors (Lipinski definition) is 0. The molecule has 1 aliphatic rings. The number of imide groups is 1. The van der Waals surface area contributed by atoms with Gasteiger partial charge < -0.3 is 0 Å². The van der Waals surface area contributed by atoms with Gasteiger partial charge in [0.25, 0.3) is 11.8 Å². The van der Waals surface area contributed by atoms with Crippen LogP contribution in [-0.2, 0) is 7.05 Å². The predicted molar refractivity (Wildman–Crippen MR) is 111 cm³/mol. The lowest BCUT2D eigenvalue weighted by atomic mass is 10.1. The fourth-order valence-corrected chi connectivity index (χ4v) is 4.93. The first-order valence-corrected chi connectivity index (χ1v) is 9.86. The van der Waals surface area contributed by atoms with Crippen molar-refractivity contribution in [1.29, 1.82) is 0 Å². The number of halogens is 1. The molecule has 2 aromatic carbocycles. The molecule has 0 unspecified atom stereocenters. The van der Waals surface area contributed by atoms with E-state index < -0.39 is 0 Å². The van der Waals surface area contributed by atoms with Crippen molar-refractivity contribution in [3.8, 4) is 10.6 Å². The SMILES string of the molecule is Cc1c(-c2cc(N3C(=O)c4ccccc4C3=O)n(C)n2)sc2ccc(Cl)cc12. The highest BCUT2D eigenvalue weighted by atomic mass is 35.5. The van der Waals surface area contributed by atoms with Gasteiger partial charge >= 0.3 is 0 Å². The van der Waals surface area contributed by atoms with E-state index in [0.29, 0.717) is 22.0 Å². The molecule has 5 rings (SSSR count). The molecule has 138 valence electrons. The molecule has 1 aliphatic heterocycles. The van der Waals surface area contributed by atoms with Crippen molar-refractivity contribution in [2.75, 3.05) is 4.90 Å². The lowest BCUT2D eigenvalue weighted by molar-refractivity contribution is 0.0923. The minimum absolute atomic E-state index is 0.324. The molecule has 0 spiro atoms. The molecule has 3 heterocycles. The van der Waals surface area contributed by atoms with Crippen molar-refractivity contribution in [2.24, 2.45) is 7.05 Å². The number of thiophene rings is 1. The molecule has 0 N–H and O–H groups in total. The second kappa shape index (κ2) is 6.02. The Hall–Kier alpha value is -2.96. The summed E-state index contributed by atoms with van der Waals surface area (Å²) < 4.78 is 2.69. The van der Waals surface area contributed by atoms with Crippen LogP contribution in [0.3, 0.4) is 0 Å². The van der Waals surface area contributed by atoms with Gasteiger partial charge in [-0.05, 0) is 48.2 Å². The summed E-state index contributed by atoms with van der Waals surface area (Å²) in [6, 6.07) is 14.5. The number of carbonyl (C=O) groups is 2. The predicted octanol–water partition coefficient (Wildman–Crippen LogP) is 5.06. The average Bonchev–Trinajstić information content (AvgIpc) is 3.29. The Labute approximate surface area is 169 Å². The van der Waals surface area contributed by atoms with E-state index in [2.05, 4.69) is 5.10 Å². The summed E-state index contributed by atoms with van der Waals surface area (Å²) >= 11 is 7.76. The molecular weight excluding hydrogens is 394 g/mol. The van der Waals surface area contributed by atoms with Gasteiger partial charge in [-0.1, -0.05) is 23.7 Å². The average molecular weight is 408 g/mol. The zero-order chi connectivity index (χ0) is 19.6. The third kappa shape index (κ3) is 2.35. The van der Waals surface area contributed by atoms with Crippen LogP contribution in [0, 0.1) is 6.92 Å². The Morgan fingerprint density at radius 2 is 1.68 bits per heavy atom. The Morgan fingerprint density at radius 3 is 2.36 bits per heavy atom. The number of nitrogens with zero attached hydrogens (tertiary/aromatic N) is 3. The van der Waals surface area contributed by atoms with Crippen molar-refractivity contribution in [3.05, 3.63) is 70.2 Å². The minimum Gasteiger partial charge on any atom is -0.268 e. The van der Waals surface area contributed by atoms with E-state index in [1.165, 1.54) is 4.90 Å². The first-order valence-electron chi connectivity index (χ1n) is 8.66. The van der Waals surface area contributed by atoms with Gasteiger partial charge in [-0.2, -0.15) is 5.10 Å². The molecule has 0 saturated carbocycles. The van der Waals surface area contributed by atoms with Crippen molar-refractivity contribution in [1.82, 2.24) is 9.78 Å². The second-order valence-corrected chi connectivity index (χ2v) is 8.19. The van der Waals surface area contributed by atoms with Crippen LogP contribution in [0.5, 0.6) is 0 Å². The van der Waals surface area contributed by atoms with E-state index in [1.807, 2.05) is 25.1 Å². The molecule has 2 aromatic heterocycles. The van der Waals surface area contributed by atoms with Crippen LogP contribution in [0.15, 0.2) is 48.5 Å². The van der Waals surface area contributed by atoms with Crippen LogP contribution in [0.25, 0.3) is 20.7 Å². The van der Waals surface area contributed by atoms with Gasteiger partial charge in [0.15, 0.2) is 0 Å². The normalized spacial score (nSPS) is 13.6. The number of carbonyl (C=O) groups excluding carboxylic acids is 2. The van der Waals surface area contributed by atoms with Crippen molar-refractivity contribution >= 4 is 50.7 Å². The van der Waals surface area contributed by atoms with E-state index in [9.17, 15) is 9.59 Å². The van der Waals surface area contributed by atoms with Crippen LogP contribution >= 0.6 is 22.9 Å². The molecule has 4 aromatic rings. The molecule has 0 saturated heterocycles. The maximum Gasteiger partial charge on any atom is 0.267 e. The summed E-state index contributed by atoms with van der Waals surface area (Å²) in [5.41, 5.74) is 2.64. The maximum atomic E-state index is 12.8. The van der Waals surface area contributed by atoms with Gasteiger partial charge in [0.1, 0.15) is 11.5 Å². The van der Waals surface area contributed by atoms with Gasteiger partial charge in [0.05, 0.1) is 16.0 Å². The Bertz CT molecular complexity index is 1270. The van der Waals surface area contributed by atoms with Crippen molar-refractivity contribution < 1.29 is 9.59 Å². The standard InChI is InChI=1S/C21H14ClN3O2S/c1-11-15-9-12(22)7-8-17(15)28-19(11)16-10-18(24(2)23-16)25-20(26)13-5-3-4-6-14(13)21(25)27/h3-10H,1-2H3. The summed E-state index contributed by atoms with van der Waals surface area (Å²) in [7, 11) is 1.74. The van der Waals surface area contributed by atoms with Gasteiger partial charge in [0.2, 0.25) is 0 Å². The summed E-state index contributed by atoms with van der Waals surface area (Å²) in [4.78, 5) is 27.8. The number of aryl methyl sites for hydroxylation is 2. The van der Waals surface area contributed by atoms with Crippen LogP contribution in [0.2, 0.25) is 5.02 Å². The summed E-state index contributed by atoms with van der Waals surface area (Å²) in [6.45, 7) is 2.03. The third-order valence-electron chi connectivity index (χ3n) is 5.01. The number of aromatic nitrogens is 2. The zero-order valence-electron chi connectivity index (χ0n) is 15.1. The summed E-state index contributed by atoms with van der Waals surface area (Å²) in [5, 5.41) is 6.36. The van der Waals surface area contributed by atoms with Gasteiger partial charge in [-0.25, -0.2) is 4.90 Å². The number of rotatable bonds is 2. The lowest BCUT2D eigenvalue weighted by Gasteiger charge is -2.12. The van der Waals surface area contributed by atoms with Crippen LogP contribution < -0.4 is 4.90 Å². The molecule has 28 heavy (non-hydrogen) atoms. The molecule has 0 fully saturated rings. The smallest absolute Gasteiger partial charge is 0.267 e. The first-order chi connectivity index (χ1) is 13.5. The fraction of sp³-hybridized carbons (Fsp3) is 0.0952. The number of anilines is 1. The number of fused-ring (bicyclic) bond motifs is 2. The van der Waals surface area contributed by atoms with Crippen LogP contribution in [-0.4, -0.2) is 21.6 Å². The third-order valence-corrected chi connectivity index (χ3v) is 6.54. The molecule has 2 amide bonds. The first kappa shape index (κ1) is 17.2. The van der Waals surface area contributed by atoms with Gasteiger partial charge in [0, 0.05) is 22.8 Å². The Balaban J connectivity index is 1.62. The molecule has 0 bridgehead atoms. The van der Waals surface area contributed by atoms with Gasteiger partial charge in [-0.3, -0.25) is 14.3 Å². The summed E-state index contributed by atoms with van der Waals surface area (Å²) in [6.07, 6.45) is 0. The Kier molecular flexibility index (Phi) is 3.69. The second-order valence-electron chi connectivity index (χ2n) is 6.70. The monoisotopic (exact) mass is 407 g/mol. The number of amides is 2. The molecule has 7 heteroatoms. The summed E-state index contributed by atoms with van der Waals surface area (Å²) in [5.74, 6) is -0.193. The molecule has 0 radical (unpaired) electrons. The maximum absolute atomic E-state index is 12.8. The van der Waals surface area contributed by atoms with Gasteiger partial charge in [-0.15, -0.1) is 11.3 Å². The van der Waals surface area contributed by atoms with E-state index in [1.54, 1.807) is 53.4 Å². The van der Waals surface area contributed by atoms with E-state index >= 15 is 0 Å². The number of benzene rings is 2. The fourth-order valence-electron chi connectivity index (χ4n) is 3.61. The highest BCUT2D eigenvalue weighted by molar-refractivity contribution is 7.22. The lowest BCUT2D eigenvalue weighted by Crippen LogP contribution is -2.31. The number of hydrogen-bond acceptors (Lipinski definition) is 4. The molecule has 0 atom stereocenters. The van der Waals surface area contributed by atoms with Crippen molar-refractivity contribution in [3.63, 3.8) is 0 Å².